The molecule has 0 radical (unpaired) electrons. The minimum absolute atomic E-state index is 0.235. The van der Waals surface area contributed by atoms with Gasteiger partial charge in [-0.05, 0) is 26.0 Å². The van der Waals surface area contributed by atoms with E-state index < -0.39 is 5.97 Å². The maximum absolute atomic E-state index is 11.2. The first-order valence-corrected chi connectivity index (χ1v) is 7.04. The molecule has 0 spiro atoms. The van der Waals surface area contributed by atoms with Gasteiger partial charge in [0.25, 0.3) is 0 Å². The van der Waals surface area contributed by atoms with E-state index in [1.807, 2.05) is 29.9 Å². The number of aromatic nitrogens is 3. The van der Waals surface area contributed by atoms with Gasteiger partial charge in [-0.25, -0.2) is 14.8 Å². The minimum Gasteiger partial charge on any atom is -0.478 e. The second-order valence-electron chi connectivity index (χ2n) is 4.58. The first-order valence-electron chi connectivity index (χ1n) is 6.16. The number of hydrogen-bond acceptors (Lipinski definition) is 4. The first-order chi connectivity index (χ1) is 9.56. The summed E-state index contributed by atoms with van der Waals surface area (Å²) in [6, 6.07) is 5.21. The van der Waals surface area contributed by atoms with Crippen LogP contribution in [0.1, 0.15) is 26.9 Å². The predicted octanol–water partition coefficient (Wildman–Crippen LogP) is 2.86. The van der Waals surface area contributed by atoms with E-state index in [2.05, 4.69) is 9.97 Å². The Kier molecular flexibility index (Phi) is 3.02. The standard InChI is InChI=1S/C14H13N3O2S/c1-8-15-13-11(14(18)19)4-3-5-12(13)17(8)6-10-7-20-9(2)16-10/h3-5,7H,6H2,1-2H3,(H,18,19). The van der Waals surface area contributed by atoms with Gasteiger partial charge in [0.2, 0.25) is 0 Å². The number of nitrogens with zero attached hydrogens (tertiary/aromatic N) is 3. The fourth-order valence-corrected chi connectivity index (χ4v) is 2.88. The van der Waals surface area contributed by atoms with Gasteiger partial charge in [0.15, 0.2) is 0 Å². The average Bonchev–Trinajstić information content (AvgIpc) is 2.94. The SMILES string of the molecule is Cc1nc(Cn2c(C)nc3c(C(=O)O)cccc32)cs1. The summed E-state index contributed by atoms with van der Waals surface area (Å²) in [4.78, 5) is 20.1. The van der Waals surface area contributed by atoms with Crippen LogP contribution >= 0.6 is 11.3 Å². The average molecular weight is 287 g/mol. The molecule has 1 N–H and O–H groups in total. The Morgan fingerprint density at radius 2 is 2.15 bits per heavy atom. The predicted molar refractivity (Wildman–Crippen MR) is 77.4 cm³/mol. The highest BCUT2D eigenvalue weighted by atomic mass is 32.1. The van der Waals surface area contributed by atoms with Crippen LogP contribution in [0.25, 0.3) is 11.0 Å². The zero-order chi connectivity index (χ0) is 14.3. The van der Waals surface area contributed by atoms with Gasteiger partial charge in [0.05, 0.1) is 28.3 Å². The number of thiazole rings is 1. The van der Waals surface area contributed by atoms with Crippen LogP contribution in [0.15, 0.2) is 23.6 Å². The Labute approximate surface area is 119 Å². The molecule has 0 saturated carbocycles. The van der Waals surface area contributed by atoms with Crippen LogP contribution in [-0.2, 0) is 6.54 Å². The molecule has 5 nitrogen and oxygen atoms in total. The van der Waals surface area contributed by atoms with Crippen molar-refractivity contribution in [3.05, 3.63) is 45.7 Å². The summed E-state index contributed by atoms with van der Waals surface area (Å²) in [5, 5.41) is 12.3. The molecule has 2 heterocycles. The number of benzene rings is 1. The zero-order valence-corrected chi connectivity index (χ0v) is 11.9. The molecule has 20 heavy (non-hydrogen) atoms. The van der Waals surface area contributed by atoms with Crippen molar-refractivity contribution < 1.29 is 9.90 Å². The minimum atomic E-state index is -0.954. The van der Waals surface area contributed by atoms with Crippen molar-refractivity contribution in [1.29, 1.82) is 0 Å². The fraction of sp³-hybridized carbons (Fsp3) is 0.214. The third-order valence-electron chi connectivity index (χ3n) is 3.19. The van der Waals surface area contributed by atoms with Gasteiger partial charge in [-0.1, -0.05) is 6.07 Å². The quantitative estimate of drug-likeness (QED) is 0.804. The zero-order valence-electron chi connectivity index (χ0n) is 11.1. The van der Waals surface area contributed by atoms with Crippen molar-refractivity contribution in [2.45, 2.75) is 20.4 Å². The van der Waals surface area contributed by atoms with Crippen molar-refractivity contribution in [2.75, 3.05) is 0 Å². The van der Waals surface area contributed by atoms with E-state index in [-0.39, 0.29) is 5.56 Å². The molecule has 102 valence electrons. The largest absolute Gasteiger partial charge is 0.478 e. The van der Waals surface area contributed by atoms with E-state index in [0.29, 0.717) is 12.1 Å². The molecule has 0 saturated heterocycles. The van der Waals surface area contributed by atoms with Crippen molar-refractivity contribution in [3.8, 4) is 0 Å². The number of aromatic carboxylic acids is 1. The molecule has 3 rings (SSSR count). The Balaban J connectivity index is 2.14. The molecule has 3 aromatic rings. The van der Waals surface area contributed by atoms with Gasteiger partial charge in [0, 0.05) is 5.38 Å². The highest BCUT2D eigenvalue weighted by Gasteiger charge is 2.15. The lowest BCUT2D eigenvalue weighted by Crippen LogP contribution is -2.02. The molecule has 1 aromatic carbocycles. The summed E-state index contributed by atoms with van der Waals surface area (Å²) in [6.07, 6.45) is 0. The van der Waals surface area contributed by atoms with Crippen molar-refractivity contribution in [1.82, 2.24) is 14.5 Å². The van der Waals surface area contributed by atoms with Crippen LogP contribution in [0.5, 0.6) is 0 Å². The molecular weight excluding hydrogens is 274 g/mol. The third-order valence-corrected chi connectivity index (χ3v) is 4.01. The number of carboxylic acids is 1. The molecule has 2 aromatic heterocycles. The summed E-state index contributed by atoms with van der Waals surface area (Å²) in [6.45, 7) is 4.45. The summed E-state index contributed by atoms with van der Waals surface area (Å²) < 4.78 is 2.00. The van der Waals surface area contributed by atoms with Crippen LogP contribution in [0, 0.1) is 13.8 Å². The molecule has 0 aliphatic rings. The monoisotopic (exact) mass is 287 g/mol. The Bertz CT molecular complexity index is 804. The van der Waals surface area contributed by atoms with E-state index in [9.17, 15) is 9.90 Å². The third kappa shape index (κ3) is 2.08. The molecular formula is C14H13N3O2S. The lowest BCUT2D eigenvalue weighted by atomic mass is 10.2. The maximum Gasteiger partial charge on any atom is 0.337 e. The van der Waals surface area contributed by atoms with Crippen molar-refractivity contribution in [2.24, 2.45) is 0 Å². The van der Waals surface area contributed by atoms with Crippen LogP contribution in [0.2, 0.25) is 0 Å². The highest BCUT2D eigenvalue weighted by Crippen LogP contribution is 2.21. The molecule has 0 aliphatic heterocycles. The second kappa shape index (κ2) is 4.72. The highest BCUT2D eigenvalue weighted by molar-refractivity contribution is 7.09. The number of fused-ring (bicyclic) bond motifs is 1. The molecule has 0 aliphatic carbocycles. The molecule has 6 heteroatoms. The second-order valence-corrected chi connectivity index (χ2v) is 5.64. The molecule has 0 fully saturated rings. The van der Waals surface area contributed by atoms with Crippen LogP contribution < -0.4 is 0 Å². The van der Waals surface area contributed by atoms with Gasteiger partial charge in [-0.2, -0.15) is 0 Å². The number of rotatable bonds is 3. The van der Waals surface area contributed by atoms with E-state index in [1.165, 1.54) is 0 Å². The maximum atomic E-state index is 11.2. The van der Waals surface area contributed by atoms with Gasteiger partial charge < -0.3 is 9.67 Å². The number of hydrogen-bond donors (Lipinski definition) is 1. The summed E-state index contributed by atoms with van der Waals surface area (Å²) in [5.74, 6) is -0.163. The number of imidazole rings is 1. The van der Waals surface area contributed by atoms with Crippen LogP contribution in [0.4, 0.5) is 0 Å². The van der Waals surface area contributed by atoms with E-state index in [4.69, 9.17) is 0 Å². The van der Waals surface area contributed by atoms with Gasteiger partial charge in [-0.3, -0.25) is 0 Å². The normalized spacial score (nSPS) is 11.1. The van der Waals surface area contributed by atoms with Crippen LogP contribution in [0.3, 0.4) is 0 Å². The van der Waals surface area contributed by atoms with E-state index >= 15 is 0 Å². The smallest absolute Gasteiger partial charge is 0.337 e. The van der Waals surface area contributed by atoms with Crippen molar-refractivity contribution in [3.63, 3.8) is 0 Å². The topological polar surface area (TPSA) is 68.0 Å². The molecule has 0 bridgehead atoms. The number of carboxylic acid groups (broad SMARTS) is 1. The number of carbonyl (C=O) groups is 1. The molecule has 0 unspecified atom stereocenters. The Hall–Kier alpha value is -2.21. The molecule has 0 amide bonds. The van der Waals surface area contributed by atoms with Crippen LogP contribution in [-0.4, -0.2) is 25.6 Å². The fourth-order valence-electron chi connectivity index (χ4n) is 2.28. The van der Waals surface area contributed by atoms with Gasteiger partial charge in [0.1, 0.15) is 11.3 Å². The number of aryl methyl sites for hydroxylation is 2. The van der Waals surface area contributed by atoms with E-state index in [1.54, 1.807) is 23.5 Å². The summed E-state index contributed by atoms with van der Waals surface area (Å²) >= 11 is 1.61. The number of para-hydroxylation sites is 1. The van der Waals surface area contributed by atoms with E-state index in [0.717, 1.165) is 22.0 Å². The van der Waals surface area contributed by atoms with Gasteiger partial charge >= 0.3 is 5.97 Å². The lowest BCUT2D eigenvalue weighted by molar-refractivity contribution is 0.0699. The first kappa shape index (κ1) is 12.8. The van der Waals surface area contributed by atoms with Gasteiger partial charge in [-0.15, -0.1) is 11.3 Å². The Morgan fingerprint density at radius 1 is 1.35 bits per heavy atom. The lowest BCUT2D eigenvalue weighted by Gasteiger charge is -2.04. The Morgan fingerprint density at radius 3 is 2.80 bits per heavy atom. The summed E-state index contributed by atoms with van der Waals surface area (Å²) in [5.41, 5.74) is 2.56. The van der Waals surface area contributed by atoms with Crippen molar-refractivity contribution >= 4 is 28.3 Å². The summed E-state index contributed by atoms with van der Waals surface area (Å²) in [7, 11) is 0. The molecule has 0 atom stereocenters.